The number of hydrogen-bond acceptors (Lipinski definition) is 3. The molecule has 0 aliphatic carbocycles. The van der Waals surface area contributed by atoms with Crippen molar-refractivity contribution in [3.05, 3.63) is 0 Å². The predicted molar refractivity (Wildman–Crippen MR) is 46.9 cm³/mol. The second kappa shape index (κ2) is 6.36. The summed E-state index contributed by atoms with van der Waals surface area (Å²) in [5, 5.41) is 8.41. The third-order valence-corrected chi connectivity index (χ3v) is 2.46. The fraction of sp³-hybridized carbons (Fsp3) is 1.00. The lowest BCUT2D eigenvalue weighted by atomic mass is 10.3. The molecule has 0 saturated heterocycles. The van der Waals surface area contributed by atoms with Crippen molar-refractivity contribution in [3.8, 4) is 0 Å². The van der Waals surface area contributed by atoms with Gasteiger partial charge in [0.1, 0.15) is 0 Å². The highest BCUT2D eigenvalue weighted by atomic mass is 32.2. The van der Waals surface area contributed by atoms with E-state index in [1.165, 1.54) is 0 Å². The van der Waals surface area contributed by atoms with E-state index in [-0.39, 0.29) is 6.61 Å². The maximum atomic E-state index is 10.9. The molecule has 74 valence electrons. The Morgan fingerprint density at radius 2 is 1.92 bits per heavy atom. The van der Waals surface area contributed by atoms with Gasteiger partial charge in [-0.25, -0.2) is 9.44 Å². The predicted octanol–water partition coefficient (Wildman–Crippen LogP) is -0.797. The summed E-state index contributed by atoms with van der Waals surface area (Å²) in [6, 6.07) is 0. The molecule has 0 fully saturated rings. The summed E-state index contributed by atoms with van der Waals surface area (Å²) in [4.78, 5) is 0. The molecule has 0 radical (unpaired) electrons. The summed E-state index contributed by atoms with van der Waals surface area (Å²) in [5.41, 5.74) is 0. The second-order valence-electron chi connectivity index (χ2n) is 2.33. The van der Waals surface area contributed by atoms with Crippen LogP contribution in [0.5, 0.6) is 0 Å². The molecular weight excluding hydrogens is 180 g/mol. The van der Waals surface area contributed by atoms with Crippen molar-refractivity contribution in [2.45, 2.75) is 19.8 Å². The molecule has 6 heteroatoms. The highest BCUT2D eigenvalue weighted by Gasteiger charge is 2.04. The second-order valence-corrected chi connectivity index (χ2v) is 3.91. The van der Waals surface area contributed by atoms with Crippen molar-refractivity contribution < 1.29 is 13.5 Å². The Morgan fingerprint density at radius 3 is 2.42 bits per heavy atom. The molecule has 0 aliphatic rings. The van der Waals surface area contributed by atoms with E-state index in [0.717, 1.165) is 0 Å². The van der Waals surface area contributed by atoms with E-state index in [1.54, 1.807) is 6.92 Å². The lowest BCUT2D eigenvalue weighted by molar-refractivity contribution is 0.285. The van der Waals surface area contributed by atoms with Crippen LogP contribution in [0.4, 0.5) is 0 Å². The average molecular weight is 196 g/mol. The van der Waals surface area contributed by atoms with Gasteiger partial charge >= 0.3 is 0 Å². The van der Waals surface area contributed by atoms with Crippen molar-refractivity contribution in [1.82, 2.24) is 9.44 Å². The number of unbranched alkanes of at least 4 members (excludes halogenated alkanes) is 1. The highest BCUT2D eigenvalue weighted by molar-refractivity contribution is 7.87. The first kappa shape index (κ1) is 11.8. The van der Waals surface area contributed by atoms with Gasteiger partial charge in [0.15, 0.2) is 0 Å². The van der Waals surface area contributed by atoms with E-state index >= 15 is 0 Å². The third kappa shape index (κ3) is 6.53. The lowest BCUT2D eigenvalue weighted by Gasteiger charge is -2.04. The van der Waals surface area contributed by atoms with Crippen molar-refractivity contribution in [3.63, 3.8) is 0 Å². The monoisotopic (exact) mass is 196 g/mol. The molecule has 0 aliphatic heterocycles. The molecular formula is C6H16N2O3S. The quantitative estimate of drug-likeness (QED) is 0.467. The standard InChI is InChI=1S/C6H16N2O3S/c1-2-7-12(10,11)8-5-3-4-6-9/h7-9H,2-6H2,1H3. The SMILES string of the molecule is CCNS(=O)(=O)NCCCCO. The largest absolute Gasteiger partial charge is 0.396 e. The Labute approximate surface area is 73.4 Å². The van der Waals surface area contributed by atoms with Crippen LogP contribution in [0.15, 0.2) is 0 Å². The smallest absolute Gasteiger partial charge is 0.276 e. The van der Waals surface area contributed by atoms with Gasteiger partial charge in [0.2, 0.25) is 0 Å². The zero-order chi connectivity index (χ0) is 9.45. The van der Waals surface area contributed by atoms with E-state index in [1.807, 2.05) is 0 Å². The van der Waals surface area contributed by atoms with Gasteiger partial charge in [0.25, 0.3) is 10.2 Å². The summed E-state index contributed by atoms with van der Waals surface area (Å²) in [6.07, 6.45) is 1.27. The van der Waals surface area contributed by atoms with E-state index in [0.29, 0.717) is 25.9 Å². The van der Waals surface area contributed by atoms with Crippen LogP contribution in [0, 0.1) is 0 Å². The Bertz CT molecular complexity index is 191. The van der Waals surface area contributed by atoms with Crippen LogP contribution in [0.3, 0.4) is 0 Å². The van der Waals surface area contributed by atoms with Crippen LogP contribution in [0.1, 0.15) is 19.8 Å². The van der Waals surface area contributed by atoms with Crippen LogP contribution in [0.25, 0.3) is 0 Å². The molecule has 0 aromatic carbocycles. The first-order chi connectivity index (χ1) is 5.62. The average Bonchev–Trinajstić information content (AvgIpc) is 1.98. The molecule has 0 saturated carbocycles. The summed E-state index contributed by atoms with van der Waals surface area (Å²) in [7, 11) is -3.29. The normalized spacial score (nSPS) is 11.8. The Hall–Kier alpha value is -0.170. The van der Waals surface area contributed by atoms with Gasteiger partial charge in [0.05, 0.1) is 0 Å². The first-order valence-electron chi connectivity index (χ1n) is 3.97. The van der Waals surface area contributed by atoms with Gasteiger partial charge in [-0.05, 0) is 12.8 Å². The Kier molecular flexibility index (Phi) is 6.27. The molecule has 0 heterocycles. The topological polar surface area (TPSA) is 78.4 Å². The van der Waals surface area contributed by atoms with Gasteiger partial charge in [0, 0.05) is 19.7 Å². The van der Waals surface area contributed by atoms with Gasteiger partial charge in [-0.1, -0.05) is 6.92 Å². The van der Waals surface area contributed by atoms with Crippen LogP contribution in [0.2, 0.25) is 0 Å². The van der Waals surface area contributed by atoms with Gasteiger partial charge in [-0.3, -0.25) is 0 Å². The summed E-state index contributed by atoms with van der Waals surface area (Å²) in [6.45, 7) is 2.57. The fourth-order valence-electron chi connectivity index (χ4n) is 0.684. The molecule has 0 spiro atoms. The molecule has 0 aromatic rings. The number of nitrogens with one attached hydrogen (secondary N) is 2. The number of aliphatic hydroxyl groups is 1. The molecule has 12 heavy (non-hydrogen) atoms. The van der Waals surface area contributed by atoms with Crippen molar-refractivity contribution in [2.75, 3.05) is 19.7 Å². The maximum Gasteiger partial charge on any atom is 0.276 e. The fourth-order valence-corrected chi connectivity index (χ4v) is 1.58. The van der Waals surface area contributed by atoms with E-state index in [4.69, 9.17) is 5.11 Å². The molecule has 0 atom stereocenters. The Morgan fingerprint density at radius 1 is 1.25 bits per heavy atom. The molecule has 0 rings (SSSR count). The molecule has 5 nitrogen and oxygen atoms in total. The van der Waals surface area contributed by atoms with Crippen LogP contribution in [-0.2, 0) is 10.2 Å². The zero-order valence-corrected chi connectivity index (χ0v) is 8.02. The van der Waals surface area contributed by atoms with Gasteiger partial charge in [-0.15, -0.1) is 0 Å². The summed E-state index contributed by atoms with van der Waals surface area (Å²) < 4.78 is 26.5. The minimum atomic E-state index is -3.29. The number of hydrogen-bond donors (Lipinski definition) is 3. The molecule has 3 N–H and O–H groups in total. The molecule has 0 unspecified atom stereocenters. The van der Waals surface area contributed by atoms with E-state index in [2.05, 4.69) is 9.44 Å². The number of rotatable bonds is 7. The summed E-state index contributed by atoms with van der Waals surface area (Å²) >= 11 is 0. The molecule has 0 aromatic heterocycles. The molecule has 0 amide bonds. The van der Waals surface area contributed by atoms with Crippen molar-refractivity contribution >= 4 is 10.2 Å². The Balaban J connectivity index is 3.48. The van der Waals surface area contributed by atoms with Crippen LogP contribution in [-0.4, -0.2) is 33.2 Å². The molecule has 0 bridgehead atoms. The van der Waals surface area contributed by atoms with Crippen LogP contribution >= 0.6 is 0 Å². The van der Waals surface area contributed by atoms with E-state index in [9.17, 15) is 8.42 Å². The summed E-state index contributed by atoms with van der Waals surface area (Å²) in [5.74, 6) is 0. The third-order valence-electron chi connectivity index (χ3n) is 1.21. The zero-order valence-electron chi connectivity index (χ0n) is 7.21. The minimum absolute atomic E-state index is 0.100. The lowest BCUT2D eigenvalue weighted by Crippen LogP contribution is -2.36. The first-order valence-corrected chi connectivity index (χ1v) is 5.46. The maximum absolute atomic E-state index is 10.9. The van der Waals surface area contributed by atoms with Gasteiger partial charge < -0.3 is 5.11 Å². The van der Waals surface area contributed by atoms with E-state index < -0.39 is 10.2 Å². The van der Waals surface area contributed by atoms with Crippen molar-refractivity contribution in [2.24, 2.45) is 0 Å². The highest BCUT2D eigenvalue weighted by Crippen LogP contribution is 1.85. The van der Waals surface area contributed by atoms with Crippen molar-refractivity contribution in [1.29, 1.82) is 0 Å². The minimum Gasteiger partial charge on any atom is -0.396 e. The van der Waals surface area contributed by atoms with Crippen LogP contribution < -0.4 is 9.44 Å². The van der Waals surface area contributed by atoms with Gasteiger partial charge in [-0.2, -0.15) is 8.42 Å². The number of aliphatic hydroxyl groups excluding tert-OH is 1.